The summed E-state index contributed by atoms with van der Waals surface area (Å²) in [5.41, 5.74) is 6.93. The molecule has 0 spiro atoms. The molecule has 1 heterocycles. The van der Waals surface area contributed by atoms with E-state index in [4.69, 9.17) is 22.1 Å². The number of amides is 1. The summed E-state index contributed by atoms with van der Waals surface area (Å²) in [6, 6.07) is 5.53. The van der Waals surface area contributed by atoms with Gasteiger partial charge in [0.05, 0.1) is 23.4 Å². The van der Waals surface area contributed by atoms with E-state index in [0.717, 1.165) is 16.2 Å². The molecule has 0 aliphatic rings. The highest BCUT2D eigenvalue weighted by Gasteiger charge is 2.12. The first-order valence-electron chi connectivity index (χ1n) is 5.67. The summed E-state index contributed by atoms with van der Waals surface area (Å²) in [6.07, 6.45) is 0. The lowest BCUT2D eigenvalue weighted by molar-refractivity contribution is -0.115. The van der Waals surface area contributed by atoms with Gasteiger partial charge in [0.2, 0.25) is 5.91 Å². The van der Waals surface area contributed by atoms with Gasteiger partial charge >= 0.3 is 0 Å². The van der Waals surface area contributed by atoms with Crippen molar-refractivity contribution in [2.75, 3.05) is 19.5 Å². The molecule has 0 saturated heterocycles. The average molecular weight is 300 g/mol. The van der Waals surface area contributed by atoms with Gasteiger partial charge in [-0.1, -0.05) is 23.4 Å². The highest BCUT2D eigenvalue weighted by atomic mass is 35.5. The van der Waals surface area contributed by atoms with E-state index >= 15 is 0 Å². The summed E-state index contributed by atoms with van der Waals surface area (Å²) >= 11 is 7.27. The molecule has 2 N–H and O–H groups in total. The molecule has 7 heteroatoms. The van der Waals surface area contributed by atoms with Gasteiger partial charge in [0.15, 0.2) is 5.16 Å². The number of nitrogens with zero attached hydrogens (tertiary/aromatic N) is 2. The number of hydrogen-bond donors (Lipinski definition) is 1. The highest BCUT2D eigenvalue weighted by molar-refractivity contribution is 7.99. The second-order valence-corrected chi connectivity index (χ2v) is 5.31. The van der Waals surface area contributed by atoms with Gasteiger partial charge in [0.25, 0.3) is 0 Å². The Kier molecular flexibility index (Phi) is 4.68. The number of carbonyl (C=O) groups is 1. The number of carbonyl (C=O) groups excluding carboxylic acids is 1. The molecule has 1 aromatic heterocycles. The molecule has 0 aliphatic carbocycles. The molecule has 1 aromatic carbocycles. The Morgan fingerprint density at radius 2 is 2.37 bits per heavy atom. The van der Waals surface area contributed by atoms with Crippen molar-refractivity contribution in [3.63, 3.8) is 0 Å². The molecule has 0 atom stereocenters. The fraction of sp³-hybridized carbons (Fsp3) is 0.333. The average Bonchev–Trinajstić information content (AvgIpc) is 2.70. The number of nitrogens with two attached hydrogens (primary N) is 1. The first-order valence-corrected chi connectivity index (χ1v) is 7.04. The van der Waals surface area contributed by atoms with Crippen LogP contribution in [-0.2, 0) is 16.1 Å². The number of ether oxygens (including phenoxy) is 1. The van der Waals surface area contributed by atoms with Crippen molar-refractivity contribution >= 4 is 40.3 Å². The summed E-state index contributed by atoms with van der Waals surface area (Å²) in [6.45, 7) is 1.23. The van der Waals surface area contributed by atoms with Crippen molar-refractivity contribution in [3.05, 3.63) is 23.2 Å². The lowest BCUT2D eigenvalue weighted by atomic mass is 10.3. The maximum Gasteiger partial charge on any atom is 0.227 e. The van der Waals surface area contributed by atoms with Gasteiger partial charge in [-0.15, -0.1) is 0 Å². The van der Waals surface area contributed by atoms with Crippen LogP contribution < -0.4 is 5.73 Å². The van der Waals surface area contributed by atoms with Gasteiger partial charge in [-0.2, -0.15) is 0 Å². The van der Waals surface area contributed by atoms with E-state index in [2.05, 4.69) is 4.98 Å². The molecule has 0 saturated carbocycles. The zero-order chi connectivity index (χ0) is 13.8. The Morgan fingerprint density at radius 3 is 3.05 bits per heavy atom. The summed E-state index contributed by atoms with van der Waals surface area (Å²) in [7, 11) is 1.65. The number of benzene rings is 1. The number of aromatic nitrogens is 2. The van der Waals surface area contributed by atoms with Gasteiger partial charge in [0, 0.05) is 18.7 Å². The minimum atomic E-state index is -0.367. The number of halogens is 1. The quantitative estimate of drug-likeness (QED) is 0.827. The minimum absolute atomic E-state index is 0.198. The Labute approximate surface area is 120 Å². The first kappa shape index (κ1) is 14.2. The Balaban J connectivity index is 2.38. The molecular weight excluding hydrogens is 286 g/mol. The molecule has 0 aliphatic heterocycles. The van der Waals surface area contributed by atoms with Crippen molar-refractivity contribution in [1.29, 1.82) is 0 Å². The molecule has 2 aromatic rings. The van der Waals surface area contributed by atoms with Crippen LogP contribution in [-0.4, -0.2) is 34.9 Å². The van der Waals surface area contributed by atoms with Gasteiger partial charge < -0.3 is 15.0 Å². The summed E-state index contributed by atoms with van der Waals surface area (Å²) in [5.74, 6) is -0.169. The van der Waals surface area contributed by atoms with Gasteiger partial charge in [-0.25, -0.2) is 4.98 Å². The molecule has 0 fully saturated rings. The predicted octanol–water partition coefficient (Wildman–Crippen LogP) is 1.91. The van der Waals surface area contributed by atoms with Crippen molar-refractivity contribution < 1.29 is 9.53 Å². The number of fused-ring (bicyclic) bond motifs is 1. The van der Waals surface area contributed by atoms with E-state index in [9.17, 15) is 4.79 Å². The van der Waals surface area contributed by atoms with Gasteiger partial charge in [-0.05, 0) is 18.2 Å². The lowest BCUT2D eigenvalue weighted by Gasteiger charge is -2.07. The molecule has 1 amide bonds. The maximum atomic E-state index is 10.9. The Bertz CT molecular complexity index is 600. The minimum Gasteiger partial charge on any atom is -0.383 e. The largest absolute Gasteiger partial charge is 0.383 e. The third-order valence-corrected chi connectivity index (χ3v) is 3.77. The molecule has 0 unspecified atom stereocenters. The molecule has 19 heavy (non-hydrogen) atoms. The van der Waals surface area contributed by atoms with Crippen LogP contribution in [0.15, 0.2) is 23.4 Å². The van der Waals surface area contributed by atoms with E-state index in [0.29, 0.717) is 18.2 Å². The predicted molar refractivity (Wildman–Crippen MR) is 76.5 cm³/mol. The van der Waals surface area contributed by atoms with Crippen LogP contribution >= 0.6 is 23.4 Å². The maximum absolute atomic E-state index is 10.9. The smallest absolute Gasteiger partial charge is 0.227 e. The van der Waals surface area contributed by atoms with Crippen LogP contribution in [0.4, 0.5) is 0 Å². The number of primary amides is 1. The van der Waals surface area contributed by atoms with E-state index < -0.39 is 0 Å². The van der Waals surface area contributed by atoms with Crippen molar-refractivity contribution in [1.82, 2.24) is 9.55 Å². The van der Waals surface area contributed by atoms with Gasteiger partial charge in [0.1, 0.15) is 0 Å². The zero-order valence-electron chi connectivity index (χ0n) is 10.4. The molecule has 5 nitrogen and oxygen atoms in total. The van der Waals surface area contributed by atoms with Crippen molar-refractivity contribution in [3.8, 4) is 0 Å². The third-order valence-electron chi connectivity index (χ3n) is 2.54. The van der Waals surface area contributed by atoms with Crippen molar-refractivity contribution in [2.24, 2.45) is 5.73 Å². The lowest BCUT2D eigenvalue weighted by Crippen LogP contribution is -2.14. The molecule has 0 bridgehead atoms. The zero-order valence-corrected chi connectivity index (χ0v) is 12.0. The number of methoxy groups -OCH3 is 1. The Hall–Kier alpha value is -1.24. The van der Waals surface area contributed by atoms with E-state index in [1.807, 2.05) is 16.7 Å². The Morgan fingerprint density at radius 1 is 1.58 bits per heavy atom. The number of rotatable bonds is 6. The second-order valence-electron chi connectivity index (χ2n) is 3.93. The van der Waals surface area contributed by atoms with Gasteiger partial charge in [-0.3, -0.25) is 4.79 Å². The third kappa shape index (κ3) is 3.40. The topological polar surface area (TPSA) is 70.1 Å². The fourth-order valence-corrected chi connectivity index (χ4v) is 2.67. The standard InChI is InChI=1S/C12H14ClN3O2S/c1-18-5-4-16-10-3-2-8(13)6-9(10)15-12(16)19-7-11(14)17/h2-3,6H,4-5,7H2,1H3,(H2,14,17). The monoisotopic (exact) mass is 299 g/mol. The molecule has 102 valence electrons. The van der Waals surface area contributed by atoms with Crippen LogP contribution in [0.5, 0.6) is 0 Å². The molecular formula is C12H14ClN3O2S. The van der Waals surface area contributed by atoms with Crippen LogP contribution in [0.1, 0.15) is 0 Å². The molecule has 0 radical (unpaired) electrons. The highest BCUT2D eigenvalue weighted by Crippen LogP contribution is 2.26. The van der Waals surface area contributed by atoms with Crippen LogP contribution in [0.3, 0.4) is 0 Å². The van der Waals surface area contributed by atoms with E-state index in [1.165, 1.54) is 11.8 Å². The van der Waals surface area contributed by atoms with Crippen LogP contribution in [0.2, 0.25) is 5.02 Å². The van der Waals surface area contributed by atoms with E-state index in [1.54, 1.807) is 13.2 Å². The number of hydrogen-bond acceptors (Lipinski definition) is 4. The van der Waals surface area contributed by atoms with E-state index in [-0.39, 0.29) is 11.7 Å². The van der Waals surface area contributed by atoms with Crippen LogP contribution in [0.25, 0.3) is 11.0 Å². The summed E-state index contributed by atoms with van der Waals surface area (Å²) in [4.78, 5) is 15.4. The second kappa shape index (κ2) is 6.27. The first-order chi connectivity index (χ1) is 9.11. The SMILES string of the molecule is COCCn1c(SCC(N)=O)nc2cc(Cl)ccc21. The number of thioether (sulfide) groups is 1. The summed E-state index contributed by atoms with van der Waals surface area (Å²) in [5, 5.41) is 1.38. The normalized spacial score (nSPS) is 11.1. The van der Waals surface area contributed by atoms with Crippen molar-refractivity contribution in [2.45, 2.75) is 11.7 Å². The molecule has 2 rings (SSSR count). The number of imidazole rings is 1. The summed E-state index contributed by atoms with van der Waals surface area (Å²) < 4.78 is 7.10. The fourth-order valence-electron chi connectivity index (χ4n) is 1.73. The van der Waals surface area contributed by atoms with Crippen LogP contribution in [0, 0.1) is 0 Å².